The van der Waals surface area contributed by atoms with E-state index in [1.807, 2.05) is 5.38 Å². The molecule has 3 rings (SSSR count). The number of carbonyl (C=O) groups is 2. The molecule has 1 aromatic carbocycles. The molecule has 2 amide bonds. The van der Waals surface area contributed by atoms with Crippen LogP contribution in [0.1, 0.15) is 9.67 Å². The maximum Gasteiger partial charge on any atom is 0.267 e. The number of anilines is 2. The standard InChI is InChI=1S/C17H16N4O4S3/c1-24-11-6-5-10(8-12(11)25-2)18-14(22)9-27-17-21-20-16(28-17)19-15(23)13-4-3-7-26-13/h3-8H,9H2,1-2H3,(H,18,22)(H,19,20,23). The lowest BCUT2D eigenvalue weighted by molar-refractivity contribution is -0.113. The lowest BCUT2D eigenvalue weighted by Crippen LogP contribution is -2.14. The van der Waals surface area contributed by atoms with Crippen molar-refractivity contribution in [2.45, 2.75) is 4.34 Å². The molecule has 28 heavy (non-hydrogen) atoms. The van der Waals surface area contributed by atoms with E-state index in [9.17, 15) is 9.59 Å². The van der Waals surface area contributed by atoms with E-state index >= 15 is 0 Å². The number of thiophene rings is 1. The van der Waals surface area contributed by atoms with Crippen LogP contribution in [0.3, 0.4) is 0 Å². The summed E-state index contributed by atoms with van der Waals surface area (Å²) in [6.45, 7) is 0. The monoisotopic (exact) mass is 436 g/mol. The molecule has 3 aromatic rings. The first-order valence-corrected chi connectivity index (χ1v) is 10.6. The van der Waals surface area contributed by atoms with Gasteiger partial charge in [0.25, 0.3) is 5.91 Å². The predicted molar refractivity (Wildman–Crippen MR) is 111 cm³/mol. The SMILES string of the molecule is COc1ccc(NC(=O)CSc2nnc(NC(=O)c3cccs3)s2)cc1OC. The van der Waals surface area contributed by atoms with Gasteiger partial charge in [0.05, 0.1) is 24.8 Å². The van der Waals surface area contributed by atoms with Gasteiger partial charge in [-0.15, -0.1) is 21.5 Å². The Hall–Kier alpha value is -2.63. The van der Waals surface area contributed by atoms with Gasteiger partial charge < -0.3 is 14.8 Å². The highest BCUT2D eigenvalue weighted by Crippen LogP contribution is 2.30. The third-order valence-corrected chi connectivity index (χ3v) is 6.21. The van der Waals surface area contributed by atoms with Crippen LogP contribution in [-0.2, 0) is 4.79 Å². The second-order valence-corrected chi connectivity index (χ2v) is 8.36. The topological polar surface area (TPSA) is 102 Å². The fraction of sp³-hybridized carbons (Fsp3) is 0.176. The summed E-state index contributed by atoms with van der Waals surface area (Å²) in [7, 11) is 3.08. The maximum absolute atomic E-state index is 12.2. The van der Waals surface area contributed by atoms with Crippen molar-refractivity contribution in [1.29, 1.82) is 0 Å². The van der Waals surface area contributed by atoms with Gasteiger partial charge in [0.2, 0.25) is 11.0 Å². The van der Waals surface area contributed by atoms with Gasteiger partial charge in [-0.25, -0.2) is 0 Å². The summed E-state index contributed by atoms with van der Waals surface area (Å²) < 4.78 is 11.0. The van der Waals surface area contributed by atoms with Gasteiger partial charge in [0.15, 0.2) is 15.8 Å². The summed E-state index contributed by atoms with van der Waals surface area (Å²) in [4.78, 5) is 24.8. The fourth-order valence-electron chi connectivity index (χ4n) is 2.12. The molecular formula is C17H16N4O4S3. The van der Waals surface area contributed by atoms with Gasteiger partial charge in [-0.2, -0.15) is 0 Å². The Bertz CT molecular complexity index is 959. The molecule has 2 heterocycles. The number of nitrogens with zero attached hydrogens (tertiary/aromatic N) is 2. The number of ether oxygens (including phenoxy) is 2. The number of amides is 2. The Morgan fingerprint density at radius 1 is 1.11 bits per heavy atom. The Kier molecular flexibility index (Phi) is 6.85. The van der Waals surface area contributed by atoms with Crippen LogP contribution >= 0.6 is 34.4 Å². The first-order valence-electron chi connectivity index (χ1n) is 7.92. The molecule has 0 aliphatic rings. The molecule has 11 heteroatoms. The zero-order valence-electron chi connectivity index (χ0n) is 14.9. The van der Waals surface area contributed by atoms with Gasteiger partial charge >= 0.3 is 0 Å². The number of aromatic nitrogens is 2. The summed E-state index contributed by atoms with van der Waals surface area (Å²) >= 11 is 3.80. The fourth-order valence-corrected chi connectivity index (χ4v) is 4.29. The second-order valence-electron chi connectivity index (χ2n) is 5.21. The molecular weight excluding hydrogens is 420 g/mol. The Morgan fingerprint density at radius 2 is 1.93 bits per heavy atom. The average molecular weight is 437 g/mol. The van der Waals surface area contributed by atoms with Gasteiger partial charge in [0, 0.05) is 11.8 Å². The van der Waals surface area contributed by atoms with Crippen molar-refractivity contribution in [1.82, 2.24) is 10.2 Å². The minimum absolute atomic E-state index is 0.155. The van der Waals surface area contributed by atoms with E-state index in [1.165, 1.54) is 41.5 Å². The van der Waals surface area contributed by atoms with Crippen molar-refractivity contribution in [3.8, 4) is 11.5 Å². The zero-order chi connectivity index (χ0) is 19.9. The highest BCUT2D eigenvalue weighted by molar-refractivity contribution is 8.01. The highest BCUT2D eigenvalue weighted by Gasteiger charge is 2.13. The number of methoxy groups -OCH3 is 2. The molecule has 0 aliphatic heterocycles. The number of thioether (sulfide) groups is 1. The quantitative estimate of drug-likeness (QED) is 0.411. The molecule has 0 unspecified atom stereocenters. The molecule has 0 fully saturated rings. The largest absolute Gasteiger partial charge is 0.493 e. The van der Waals surface area contributed by atoms with Crippen molar-refractivity contribution >= 4 is 57.1 Å². The minimum atomic E-state index is -0.228. The third kappa shape index (κ3) is 5.21. The van der Waals surface area contributed by atoms with Gasteiger partial charge in [-0.1, -0.05) is 29.2 Å². The molecule has 0 saturated carbocycles. The van der Waals surface area contributed by atoms with Crippen LogP contribution in [0.15, 0.2) is 40.1 Å². The number of hydrogen-bond acceptors (Lipinski definition) is 9. The number of nitrogens with one attached hydrogen (secondary N) is 2. The highest BCUT2D eigenvalue weighted by atomic mass is 32.2. The molecule has 0 bridgehead atoms. The van der Waals surface area contributed by atoms with Crippen LogP contribution in [0.4, 0.5) is 10.8 Å². The molecule has 0 radical (unpaired) electrons. The molecule has 0 saturated heterocycles. The number of hydrogen-bond donors (Lipinski definition) is 2. The number of rotatable bonds is 8. The zero-order valence-corrected chi connectivity index (χ0v) is 17.4. The van der Waals surface area contributed by atoms with Crippen LogP contribution in [0.2, 0.25) is 0 Å². The molecule has 146 valence electrons. The lowest BCUT2D eigenvalue weighted by atomic mass is 10.2. The van der Waals surface area contributed by atoms with Gasteiger partial charge in [-0.05, 0) is 23.6 Å². The van der Waals surface area contributed by atoms with Gasteiger partial charge in [0.1, 0.15) is 0 Å². The van der Waals surface area contributed by atoms with Crippen molar-refractivity contribution in [2.75, 3.05) is 30.6 Å². The number of benzene rings is 1. The summed E-state index contributed by atoms with van der Waals surface area (Å²) in [5, 5.41) is 15.6. The number of carbonyl (C=O) groups excluding carboxylic acids is 2. The molecule has 2 aromatic heterocycles. The first kappa shape index (κ1) is 20.1. The smallest absolute Gasteiger partial charge is 0.267 e. The second kappa shape index (κ2) is 9.53. The summed E-state index contributed by atoms with van der Waals surface area (Å²) in [5.41, 5.74) is 0.601. The molecule has 0 spiro atoms. The summed E-state index contributed by atoms with van der Waals surface area (Å²) in [6.07, 6.45) is 0. The van der Waals surface area contributed by atoms with E-state index < -0.39 is 0 Å². The van der Waals surface area contributed by atoms with E-state index in [0.717, 1.165) is 0 Å². The van der Waals surface area contributed by atoms with Crippen LogP contribution in [0.25, 0.3) is 0 Å². The predicted octanol–water partition coefficient (Wildman–Crippen LogP) is 3.60. The molecule has 2 N–H and O–H groups in total. The van der Waals surface area contributed by atoms with Crippen LogP contribution < -0.4 is 20.1 Å². The van der Waals surface area contributed by atoms with Crippen LogP contribution in [0, 0.1) is 0 Å². The van der Waals surface area contributed by atoms with E-state index in [0.29, 0.717) is 31.5 Å². The van der Waals surface area contributed by atoms with Crippen LogP contribution in [-0.4, -0.2) is 42.0 Å². The normalized spacial score (nSPS) is 10.4. The minimum Gasteiger partial charge on any atom is -0.493 e. The Labute approximate surface area is 173 Å². The third-order valence-electron chi connectivity index (χ3n) is 3.37. The van der Waals surface area contributed by atoms with Crippen LogP contribution in [0.5, 0.6) is 11.5 Å². The molecule has 8 nitrogen and oxygen atoms in total. The van der Waals surface area contributed by atoms with Crippen molar-refractivity contribution < 1.29 is 19.1 Å². The van der Waals surface area contributed by atoms with E-state index in [2.05, 4.69) is 20.8 Å². The Balaban J connectivity index is 1.51. The molecule has 0 atom stereocenters. The molecule has 0 aliphatic carbocycles. The first-order chi connectivity index (χ1) is 13.6. The average Bonchev–Trinajstić information content (AvgIpc) is 3.38. The van der Waals surface area contributed by atoms with Gasteiger partial charge in [-0.3, -0.25) is 14.9 Å². The van der Waals surface area contributed by atoms with Crippen molar-refractivity contribution in [2.24, 2.45) is 0 Å². The van der Waals surface area contributed by atoms with E-state index in [-0.39, 0.29) is 17.6 Å². The lowest BCUT2D eigenvalue weighted by Gasteiger charge is -2.10. The maximum atomic E-state index is 12.2. The van der Waals surface area contributed by atoms with E-state index in [1.54, 1.807) is 37.4 Å². The summed E-state index contributed by atoms with van der Waals surface area (Å²) in [5.74, 6) is 0.844. The van der Waals surface area contributed by atoms with Crippen molar-refractivity contribution in [3.63, 3.8) is 0 Å². The Morgan fingerprint density at radius 3 is 2.64 bits per heavy atom. The van der Waals surface area contributed by atoms with E-state index in [4.69, 9.17) is 9.47 Å². The van der Waals surface area contributed by atoms with Crippen molar-refractivity contribution in [3.05, 3.63) is 40.6 Å². The summed E-state index contributed by atoms with van der Waals surface area (Å²) in [6, 6.07) is 8.67.